The van der Waals surface area contributed by atoms with Crippen molar-refractivity contribution in [3.8, 4) is 0 Å². The van der Waals surface area contributed by atoms with Crippen LogP contribution < -0.4 is 0 Å². The van der Waals surface area contributed by atoms with Crippen molar-refractivity contribution in [3.05, 3.63) is 11.5 Å². The maximum atomic E-state index is 11.8. The van der Waals surface area contributed by atoms with E-state index in [0.717, 1.165) is 0 Å². The van der Waals surface area contributed by atoms with E-state index < -0.39 is 5.92 Å². The Bertz CT molecular complexity index is 307. The van der Waals surface area contributed by atoms with Gasteiger partial charge < -0.3 is 9.47 Å². The van der Waals surface area contributed by atoms with Crippen molar-refractivity contribution in [2.75, 3.05) is 0 Å². The van der Waals surface area contributed by atoms with Crippen LogP contribution in [0.4, 0.5) is 0 Å². The van der Waals surface area contributed by atoms with Gasteiger partial charge in [-0.05, 0) is 34.6 Å². The normalized spacial score (nSPS) is 17.9. The number of allylic oxidation sites excluding steroid dienone is 2. The molecular weight excluding hydrogens is 208 g/mol. The fourth-order valence-corrected chi connectivity index (χ4v) is 1.43. The van der Waals surface area contributed by atoms with E-state index in [9.17, 15) is 9.59 Å². The highest BCUT2D eigenvalue weighted by Crippen LogP contribution is 2.28. The van der Waals surface area contributed by atoms with Crippen LogP contribution in [0.3, 0.4) is 0 Å². The van der Waals surface area contributed by atoms with Gasteiger partial charge in [0.05, 0.1) is 18.1 Å². The maximum Gasteiger partial charge on any atom is 0.212 e. The molecule has 0 atom stereocenters. The minimum atomic E-state index is -0.678. The van der Waals surface area contributed by atoms with Gasteiger partial charge in [-0.25, -0.2) is 0 Å². The monoisotopic (exact) mass is 226 g/mol. The fraction of sp³-hybridized carbons (Fsp3) is 0.667. The second-order valence-electron chi connectivity index (χ2n) is 4.44. The number of carbonyl (C=O) groups is 2. The van der Waals surface area contributed by atoms with E-state index in [2.05, 4.69) is 0 Å². The molecular formula is C12H18O4. The van der Waals surface area contributed by atoms with Gasteiger partial charge in [0.25, 0.3) is 0 Å². The Morgan fingerprint density at radius 3 is 1.44 bits per heavy atom. The molecule has 0 amide bonds. The Kier molecular flexibility index (Phi) is 3.73. The van der Waals surface area contributed by atoms with Crippen molar-refractivity contribution in [2.45, 2.75) is 46.8 Å². The number of rotatable bonds is 4. The molecule has 4 nitrogen and oxygen atoms in total. The summed E-state index contributed by atoms with van der Waals surface area (Å²) in [5.74, 6) is -1.08. The summed E-state index contributed by atoms with van der Waals surface area (Å²) < 4.78 is 10.7. The van der Waals surface area contributed by atoms with Gasteiger partial charge in [0.15, 0.2) is 0 Å². The second kappa shape index (κ2) is 4.68. The summed E-state index contributed by atoms with van der Waals surface area (Å²) in [6.07, 6.45) is -0.300. The van der Waals surface area contributed by atoms with E-state index in [4.69, 9.17) is 9.47 Å². The SMILES string of the molecule is CC(C)OC1=C(OC(C)C)C(=O)C(C)C1=O. The van der Waals surface area contributed by atoms with Crippen molar-refractivity contribution in [1.82, 2.24) is 0 Å². The van der Waals surface area contributed by atoms with E-state index in [0.29, 0.717) is 0 Å². The molecule has 1 aliphatic carbocycles. The molecule has 1 rings (SSSR count). The molecule has 1 aliphatic rings. The topological polar surface area (TPSA) is 52.6 Å². The number of carbonyl (C=O) groups excluding carboxylic acids is 2. The van der Waals surface area contributed by atoms with Crippen molar-refractivity contribution >= 4 is 11.6 Å². The van der Waals surface area contributed by atoms with Gasteiger partial charge >= 0.3 is 0 Å². The first-order chi connectivity index (χ1) is 7.34. The van der Waals surface area contributed by atoms with E-state index in [1.165, 1.54) is 0 Å². The largest absolute Gasteiger partial charge is 0.484 e. The third-order valence-corrected chi connectivity index (χ3v) is 2.15. The lowest BCUT2D eigenvalue weighted by molar-refractivity contribution is -0.128. The molecule has 0 aromatic carbocycles. The summed E-state index contributed by atoms with van der Waals surface area (Å²) in [4.78, 5) is 23.5. The fourth-order valence-electron chi connectivity index (χ4n) is 1.43. The molecule has 0 heterocycles. The van der Waals surface area contributed by atoms with Gasteiger partial charge in [0.2, 0.25) is 23.1 Å². The molecule has 16 heavy (non-hydrogen) atoms. The molecule has 0 aromatic rings. The number of ketones is 2. The van der Waals surface area contributed by atoms with Crippen LogP contribution in [0, 0.1) is 5.92 Å². The van der Waals surface area contributed by atoms with Gasteiger partial charge in [-0.15, -0.1) is 0 Å². The molecule has 0 fully saturated rings. The van der Waals surface area contributed by atoms with E-state index in [-0.39, 0.29) is 35.3 Å². The highest BCUT2D eigenvalue weighted by molar-refractivity contribution is 6.22. The number of Topliss-reactive ketones (excluding diaryl/α,β-unsaturated/α-hetero) is 2. The predicted octanol–water partition coefficient (Wildman–Crippen LogP) is 1.84. The molecule has 0 spiro atoms. The van der Waals surface area contributed by atoms with Crippen LogP contribution in [0.1, 0.15) is 34.6 Å². The van der Waals surface area contributed by atoms with Gasteiger partial charge in [0, 0.05) is 0 Å². The number of hydrogen-bond donors (Lipinski definition) is 0. The Morgan fingerprint density at radius 2 is 1.19 bits per heavy atom. The highest BCUT2D eigenvalue weighted by Gasteiger charge is 2.41. The minimum absolute atomic E-state index is 0.0844. The highest BCUT2D eigenvalue weighted by atomic mass is 16.5. The lowest BCUT2D eigenvalue weighted by Gasteiger charge is -2.13. The van der Waals surface area contributed by atoms with Crippen LogP contribution in [0.2, 0.25) is 0 Å². The molecule has 4 heteroatoms. The van der Waals surface area contributed by atoms with Crippen LogP contribution in [0.5, 0.6) is 0 Å². The minimum Gasteiger partial charge on any atom is -0.484 e. The average Bonchev–Trinajstić information content (AvgIpc) is 2.34. The summed E-state index contributed by atoms with van der Waals surface area (Å²) >= 11 is 0. The zero-order valence-electron chi connectivity index (χ0n) is 10.4. The first-order valence-electron chi connectivity index (χ1n) is 5.50. The van der Waals surface area contributed by atoms with Crippen molar-refractivity contribution in [1.29, 1.82) is 0 Å². The van der Waals surface area contributed by atoms with Gasteiger partial charge in [-0.2, -0.15) is 0 Å². The summed E-state index contributed by atoms with van der Waals surface area (Å²) in [6.45, 7) is 8.80. The van der Waals surface area contributed by atoms with Gasteiger partial charge in [-0.3, -0.25) is 9.59 Å². The molecule has 0 saturated carbocycles. The summed E-state index contributed by atoms with van der Waals surface area (Å²) in [7, 11) is 0. The molecule has 0 radical (unpaired) electrons. The van der Waals surface area contributed by atoms with Crippen LogP contribution in [0.25, 0.3) is 0 Å². The van der Waals surface area contributed by atoms with Gasteiger partial charge in [-0.1, -0.05) is 0 Å². The first-order valence-corrected chi connectivity index (χ1v) is 5.50. The summed E-state index contributed by atoms with van der Waals surface area (Å²) in [6, 6.07) is 0. The smallest absolute Gasteiger partial charge is 0.212 e. The third-order valence-electron chi connectivity index (χ3n) is 2.15. The molecule has 0 bridgehead atoms. The van der Waals surface area contributed by atoms with Crippen LogP contribution in [0.15, 0.2) is 11.5 Å². The Labute approximate surface area is 95.6 Å². The first kappa shape index (κ1) is 12.7. The van der Waals surface area contributed by atoms with Crippen LogP contribution in [-0.2, 0) is 19.1 Å². The molecule has 0 aliphatic heterocycles. The molecule has 0 N–H and O–H groups in total. The standard InChI is InChI=1S/C12H18O4/c1-6(2)15-11-9(13)8(5)10(14)12(11)16-7(3)4/h6-8H,1-5H3. The third kappa shape index (κ3) is 2.43. The summed E-state index contributed by atoms with van der Waals surface area (Å²) in [5.41, 5.74) is 0. The zero-order chi connectivity index (χ0) is 12.5. The lowest BCUT2D eigenvalue weighted by atomic mass is 10.1. The number of hydrogen-bond acceptors (Lipinski definition) is 4. The van der Waals surface area contributed by atoms with Crippen molar-refractivity contribution in [2.24, 2.45) is 5.92 Å². The maximum absolute atomic E-state index is 11.8. The zero-order valence-corrected chi connectivity index (χ0v) is 10.4. The quantitative estimate of drug-likeness (QED) is 0.686. The molecule has 90 valence electrons. The van der Waals surface area contributed by atoms with Crippen molar-refractivity contribution in [3.63, 3.8) is 0 Å². The van der Waals surface area contributed by atoms with E-state index in [1.54, 1.807) is 34.6 Å². The van der Waals surface area contributed by atoms with Crippen molar-refractivity contribution < 1.29 is 19.1 Å². The van der Waals surface area contributed by atoms with E-state index in [1.807, 2.05) is 0 Å². The second-order valence-corrected chi connectivity index (χ2v) is 4.44. The lowest BCUT2D eigenvalue weighted by Crippen LogP contribution is -2.15. The molecule has 0 aromatic heterocycles. The Hall–Kier alpha value is -1.32. The van der Waals surface area contributed by atoms with Crippen LogP contribution in [-0.4, -0.2) is 23.8 Å². The Balaban J connectivity index is 3.03. The number of ether oxygens (including phenoxy) is 2. The predicted molar refractivity (Wildman–Crippen MR) is 58.6 cm³/mol. The van der Waals surface area contributed by atoms with Gasteiger partial charge in [0.1, 0.15) is 0 Å². The Morgan fingerprint density at radius 1 is 0.875 bits per heavy atom. The summed E-state index contributed by atoms with van der Waals surface area (Å²) in [5, 5.41) is 0. The molecule has 0 saturated heterocycles. The van der Waals surface area contributed by atoms with Crippen LogP contribution >= 0.6 is 0 Å². The average molecular weight is 226 g/mol. The van der Waals surface area contributed by atoms with E-state index >= 15 is 0 Å². The molecule has 0 unspecified atom stereocenters.